The lowest BCUT2D eigenvalue weighted by Crippen LogP contribution is -2.19. The summed E-state index contributed by atoms with van der Waals surface area (Å²) in [6.07, 6.45) is 1.71. The molecule has 12 heavy (non-hydrogen) atoms. The van der Waals surface area contributed by atoms with Crippen LogP contribution in [0.3, 0.4) is 0 Å². The van der Waals surface area contributed by atoms with Gasteiger partial charge in [-0.3, -0.25) is 4.79 Å². The van der Waals surface area contributed by atoms with E-state index < -0.39 is 6.10 Å². The quantitative estimate of drug-likeness (QED) is 0.596. The van der Waals surface area contributed by atoms with Gasteiger partial charge in [0.1, 0.15) is 6.29 Å². The summed E-state index contributed by atoms with van der Waals surface area (Å²) in [7, 11) is 0. The summed E-state index contributed by atoms with van der Waals surface area (Å²) >= 11 is 0. The average Bonchev–Trinajstić information content (AvgIpc) is 2.01. The Hall–Kier alpha value is -0.890. The molecule has 1 aliphatic rings. The van der Waals surface area contributed by atoms with Crippen molar-refractivity contribution < 1.29 is 9.90 Å². The van der Waals surface area contributed by atoms with Crippen LogP contribution in [0.5, 0.6) is 0 Å². The minimum Gasteiger partial charge on any atom is -0.388 e. The Morgan fingerprint density at radius 3 is 2.42 bits per heavy atom. The first-order valence-electron chi connectivity index (χ1n) is 3.94. The second-order valence-electron chi connectivity index (χ2n) is 3.12. The van der Waals surface area contributed by atoms with Crippen LogP contribution in [0.15, 0.2) is 22.3 Å². The Balaban J connectivity index is 3.16. The van der Waals surface area contributed by atoms with Gasteiger partial charge in [0.25, 0.3) is 0 Å². The van der Waals surface area contributed by atoms with Crippen molar-refractivity contribution in [2.45, 2.75) is 26.9 Å². The minimum absolute atomic E-state index is 0.484. The average molecular weight is 165 g/mol. The summed E-state index contributed by atoms with van der Waals surface area (Å²) in [6, 6.07) is 0. The number of hydrogen-bond acceptors (Lipinski definition) is 2. The zero-order valence-electron chi connectivity index (χ0n) is 7.59. The summed E-state index contributed by atoms with van der Waals surface area (Å²) in [4.78, 5) is 10.6. The SMILES string of the molecule is CC1=C(C)C(C)=C(C=O)C(O)[CH]1. The van der Waals surface area contributed by atoms with E-state index in [0.717, 1.165) is 23.0 Å². The molecule has 0 aromatic heterocycles. The highest BCUT2D eigenvalue weighted by atomic mass is 16.3. The second-order valence-corrected chi connectivity index (χ2v) is 3.12. The molecule has 0 amide bonds. The minimum atomic E-state index is -0.716. The van der Waals surface area contributed by atoms with Gasteiger partial charge >= 0.3 is 0 Å². The van der Waals surface area contributed by atoms with E-state index in [9.17, 15) is 9.90 Å². The molecular weight excluding hydrogens is 152 g/mol. The highest BCUT2D eigenvalue weighted by Gasteiger charge is 2.21. The fourth-order valence-corrected chi connectivity index (χ4v) is 1.34. The maximum Gasteiger partial charge on any atom is 0.148 e. The monoisotopic (exact) mass is 165 g/mol. The molecule has 2 heteroatoms. The largest absolute Gasteiger partial charge is 0.388 e. The molecule has 1 radical (unpaired) electrons. The lowest BCUT2D eigenvalue weighted by Gasteiger charge is -2.21. The molecule has 1 unspecified atom stereocenters. The van der Waals surface area contributed by atoms with Crippen molar-refractivity contribution in [2.24, 2.45) is 0 Å². The van der Waals surface area contributed by atoms with E-state index in [-0.39, 0.29) is 0 Å². The lowest BCUT2D eigenvalue weighted by atomic mass is 9.86. The molecule has 0 saturated carbocycles. The summed E-state index contributed by atoms with van der Waals surface area (Å²) in [6.45, 7) is 5.75. The van der Waals surface area contributed by atoms with Crippen LogP contribution < -0.4 is 0 Å². The molecule has 0 fully saturated rings. The molecule has 0 spiro atoms. The predicted octanol–water partition coefficient (Wildman–Crippen LogP) is 1.42. The summed E-state index contributed by atoms with van der Waals surface area (Å²) in [5.41, 5.74) is 3.52. The fourth-order valence-electron chi connectivity index (χ4n) is 1.34. The zero-order chi connectivity index (χ0) is 9.30. The van der Waals surface area contributed by atoms with Crippen LogP contribution in [-0.2, 0) is 4.79 Å². The Morgan fingerprint density at radius 1 is 1.33 bits per heavy atom. The molecule has 1 aliphatic carbocycles. The van der Waals surface area contributed by atoms with Gasteiger partial charge in [-0.15, -0.1) is 0 Å². The molecule has 1 N–H and O–H groups in total. The van der Waals surface area contributed by atoms with Crippen molar-refractivity contribution in [3.8, 4) is 0 Å². The number of aliphatic hydroxyl groups excluding tert-OH is 1. The van der Waals surface area contributed by atoms with Crippen LogP contribution in [0.4, 0.5) is 0 Å². The smallest absolute Gasteiger partial charge is 0.148 e. The van der Waals surface area contributed by atoms with Crippen molar-refractivity contribution in [2.75, 3.05) is 0 Å². The standard InChI is InChI=1S/C10H13O2/c1-6-4-10(12)9(5-11)8(3)7(6)2/h4-5,10,12H,1-3H3. The van der Waals surface area contributed by atoms with Crippen LogP contribution in [0, 0.1) is 6.42 Å². The van der Waals surface area contributed by atoms with Crippen molar-refractivity contribution in [3.05, 3.63) is 28.7 Å². The van der Waals surface area contributed by atoms with E-state index in [2.05, 4.69) is 0 Å². The number of hydrogen-bond donors (Lipinski definition) is 1. The van der Waals surface area contributed by atoms with Gasteiger partial charge in [0.15, 0.2) is 0 Å². The van der Waals surface area contributed by atoms with Gasteiger partial charge in [-0.25, -0.2) is 0 Å². The first-order valence-corrected chi connectivity index (χ1v) is 3.94. The molecule has 1 rings (SSSR count). The number of rotatable bonds is 1. The Bertz CT molecular complexity index is 272. The molecule has 0 heterocycles. The molecule has 0 bridgehead atoms. The van der Waals surface area contributed by atoms with Crippen LogP contribution in [0.25, 0.3) is 0 Å². The number of aliphatic hydroxyl groups is 1. The van der Waals surface area contributed by atoms with E-state index >= 15 is 0 Å². The third kappa shape index (κ3) is 1.34. The summed E-state index contributed by atoms with van der Waals surface area (Å²) in [5, 5.41) is 9.45. The second kappa shape index (κ2) is 3.23. The number of carbonyl (C=O) groups is 1. The normalized spacial score (nSPS) is 24.8. The fraction of sp³-hybridized carbons (Fsp3) is 0.400. The molecule has 0 aromatic rings. The maximum absolute atomic E-state index is 10.6. The van der Waals surface area contributed by atoms with Crippen molar-refractivity contribution in [1.82, 2.24) is 0 Å². The summed E-state index contributed by atoms with van der Waals surface area (Å²) < 4.78 is 0. The van der Waals surface area contributed by atoms with E-state index in [1.807, 2.05) is 20.8 Å². The van der Waals surface area contributed by atoms with Crippen molar-refractivity contribution >= 4 is 6.29 Å². The predicted molar refractivity (Wildman–Crippen MR) is 47.4 cm³/mol. The number of allylic oxidation sites excluding steroid dienone is 2. The molecule has 65 valence electrons. The van der Waals surface area contributed by atoms with Crippen molar-refractivity contribution in [3.63, 3.8) is 0 Å². The summed E-state index contributed by atoms with van der Waals surface area (Å²) in [5.74, 6) is 0. The maximum atomic E-state index is 10.6. The lowest BCUT2D eigenvalue weighted by molar-refractivity contribution is -0.105. The van der Waals surface area contributed by atoms with Crippen molar-refractivity contribution in [1.29, 1.82) is 0 Å². The van der Waals surface area contributed by atoms with E-state index in [1.54, 1.807) is 6.42 Å². The molecular formula is C10H13O2. The van der Waals surface area contributed by atoms with Crippen LogP contribution >= 0.6 is 0 Å². The third-order valence-electron chi connectivity index (χ3n) is 2.44. The Labute approximate surface area is 72.6 Å². The Morgan fingerprint density at radius 2 is 1.92 bits per heavy atom. The number of carbonyl (C=O) groups excluding carboxylic acids is 1. The first-order chi connectivity index (χ1) is 5.57. The molecule has 0 aromatic carbocycles. The molecule has 0 aliphatic heterocycles. The van der Waals surface area contributed by atoms with Crippen LogP contribution in [-0.4, -0.2) is 17.5 Å². The molecule has 2 nitrogen and oxygen atoms in total. The molecule has 1 atom stereocenters. The van der Waals surface area contributed by atoms with E-state index in [1.165, 1.54) is 0 Å². The van der Waals surface area contributed by atoms with Crippen LogP contribution in [0.2, 0.25) is 0 Å². The highest BCUT2D eigenvalue weighted by Crippen LogP contribution is 2.27. The first kappa shape index (κ1) is 9.20. The van der Waals surface area contributed by atoms with Gasteiger partial charge in [-0.05, 0) is 31.9 Å². The van der Waals surface area contributed by atoms with Crippen LogP contribution in [0.1, 0.15) is 20.8 Å². The van der Waals surface area contributed by atoms with E-state index in [0.29, 0.717) is 5.57 Å². The zero-order valence-corrected chi connectivity index (χ0v) is 7.59. The van der Waals surface area contributed by atoms with Gasteiger partial charge < -0.3 is 5.11 Å². The van der Waals surface area contributed by atoms with E-state index in [4.69, 9.17) is 0 Å². The van der Waals surface area contributed by atoms with Gasteiger partial charge in [-0.2, -0.15) is 0 Å². The topological polar surface area (TPSA) is 37.3 Å². The highest BCUT2D eigenvalue weighted by molar-refractivity contribution is 5.79. The van der Waals surface area contributed by atoms with Gasteiger partial charge in [0.2, 0.25) is 0 Å². The third-order valence-corrected chi connectivity index (χ3v) is 2.44. The van der Waals surface area contributed by atoms with Gasteiger partial charge in [0, 0.05) is 12.0 Å². The Kier molecular flexibility index (Phi) is 2.48. The number of aldehydes is 1. The van der Waals surface area contributed by atoms with Gasteiger partial charge in [0.05, 0.1) is 6.10 Å². The van der Waals surface area contributed by atoms with Gasteiger partial charge in [-0.1, -0.05) is 5.57 Å². The molecule has 0 saturated heterocycles.